The van der Waals surface area contributed by atoms with E-state index < -0.39 is 5.82 Å². The number of phenols is 1. The van der Waals surface area contributed by atoms with Gasteiger partial charge in [0.1, 0.15) is 11.9 Å². The van der Waals surface area contributed by atoms with Crippen molar-refractivity contribution in [2.75, 3.05) is 19.6 Å². The molecule has 2 atom stereocenters. The molecule has 1 heterocycles. The Kier molecular flexibility index (Phi) is 8.63. The van der Waals surface area contributed by atoms with Gasteiger partial charge in [-0.25, -0.2) is 13.8 Å². The lowest BCUT2D eigenvalue weighted by molar-refractivity contribution is -0.0605. The molecule has 5 nitrogen and oxygen atoms in total. The van der Waals surface area contributed by atoms with Crippen LogP contribution in [0.1, 0.15) is 31.1 Å². The fourth-order valence-corrected chi connectivity index (χ4v) is 3.23. The van der Waals surface area contributed by atoms with Crippen LogP contribution in [-0.2, 0) is 11.3 Å². The van der Waals surface area contributed by atoms with E-state index in [-0.39, 0.29) is 54.3 Å². The summed E-state index contributed by atoms with van der Waals surface area (Å²) in [7, 11) is 0. The Bertz CT molecular complexity index is 833. The van der Waals surface area contributed by atoms with Gasteiger partial charge in [0, 0.05) is 13.1 Å². The molecule has 8 heteroatoms. The second-order valence-corrected chi connectivity index (χ2v) is 6.85. The Labute approximate surface area is 186 Å². The highest BCUT2D eigenvalue weighted by Crippen LogP contribution is 2.25. The minimum Gasteiger partial charge on any atom is -0.505 e. The van der Waals surface area contributed by atoms with Gasteiger partial charge < -0.3 is 20.1 Å². The van der Waals surface area contributed by atoms with Crippen molar-refractivity contribution in [2.24, 2.45) is 4.99 Å². The SMILES string of the molecule is CCNC(=NCc1ccc(O)c(F)c1)N1CC(C)OC(c2ccc(F)cc2)C1.I. The van der Waals surface area contributed by atoms with Gasteiger partial charge in [0.15, 0.2) is 17.5 Å². The predicted molar refractivity (Wildman–Crippen MR) is 120 cm³/mol. The second-order valence-electron chi connectivity index (χ2n) is 6.85. The minimum atomic E-state index is -0.658. The Morgan fingerprint density at radius 3 is 2.59 bits per heavy atom. The molecule has 1 fully saturated rings. The first-order valence-electron chi connectivity index (χ1n) is 9.38. The Balaban J connectivity index is 0.00000300. The van der Waals surface area contributed by atoms with Crippen molar-refractivity contribution in [1.29, 1.82) is 0 Å². The largest absolute Gasteiger partial charge is 0.505 e. The van der Waals surface area contributed by atoms with Gasteiger partial charge in [0.2, 0.25) is 0 Å². The molecule has 0 amide bonds. The summed E-state index contributed by atoms with van der Waals surface area (Å²) < 4.78 is 32.8. The van der Waals surface area contributed by atoms with Gasteiger partial charge in [-0.1, -0.05) is 18.2 Å². The van der Waals surface area contributed by atoms with Crippen LogP contribution in [0.2, 0.25) is 0 Å². The molecule has 1 aliphatic rings. The van der Waals surface area contributed by atoms with Gasteiger partial charge in [-0.2, -0.15) is 0 Å². The zero-order valence-electron chi connectivity index (χ0n) is 16.4. The molecule has 1 aliphatic heterocycles. The molecule has 2 N–H and O–H groups in total. The van der Waals surface area contributed by atoms with E-state index in [2.05, 4.69) is 15.2 Å². The van der Waals surface area contributed by atoms with E-state index in [9.17, 15) is 13.9 Å². The number of hydrogen-bond acceptors (Lipinski definition) is 3. The highest BCUT2D eigenvalue weighted by molar-refractivity contribution is 14.0. The molecule has 2 aromatic carbocycles. The molecule has 158 valence electrons. The highest BCUT2D eigenvalue weighted by atomic mass is 127. The van der Waals surface area contributed by atoms with Crippen LogP contribution in [-0.4, -0.2) is 41.7 Å². The summed E-state index contributed by atoms with van der Waals surface area (Å²) in [6.07, 6.45) is -0.224. The van der Waals surface area contributed by atoms with E-state index in [0.29, 0.717) is 31.2 Å². The number of morpholine rings is 1. The lowest BCUT2D eigenvalue weighted by Crippen LogP contribution is -2.50. The number of aromatic hydroxyl groups is 1. The third-order valence-corrected chi connectivity index (χ3v) is 4.56. The Morgan fingerprint density at radius 2 is 1.93 bits per heavy atom. The Morgan fingerprint density at radius 1 is 1.21 bits per heavy atom. The third-order valence-electron chi connectivity index (χ3n) is 4.56. The number of ether oxygens (including phenoxy) is 1. The number of rotatable bonds is 4. The molecule has 29 heavy (non-hydrogen) atoms. The van der Waals surface area contributed by atoms with Crippen LogP contribution in [0.4, 0.5) is 8.78 Å². The maximum absolute atomic E-state index is 13.6. The Hall–Kier alpha value is -1.94. The number of guanidine groups is 1. The monoisotopic (exact) mass is 517 g/mol. The third kappa shape index (κ3) is 6.27. The van der Waals surface area contributed by atoms with Crippen molar-refractivity contribution in [2.45, 2.75) is 32.6 Å². The number of nitrogens with zero attached hydrogens (tertiary/aromatic N) is 2. The first-order chi connectivity index (χ1) is 13.5. The molecule has 0 bridgehead atoms. The van der Waals surface area contributed by atoms with Crippen LogP contribution in [0.5, 0.6) is 5.75 Å². The van der Waals surface area contributed by atoms with Crippen LogP contribution in [0.15, 0.2) is 47.5 Å². The average Bonchev–Trinajstić information content (AvgIpc) is 2.68. The zero-order valence-corrected chi connectivity index (χ0v) is 18.8. The number of nitrogens with one attached hydrogen (secondary N) is 1. The van der Waals surface area contributed by atoms with Crippen LogP contribution in [0, 0.1) is 11.6 Å². The van der Waals surface area contributed by atoms with E-state index >= 15 is 0 Å². The smallest absolute Gasteiger partial charge is 0.194 e. The zero-order chi connectivity index (χ0) is 20.1. The van der Waals surface area contributed by atoms with E-state index in [4.69, 9.17) is 4.74 Å². The summed E-state index contributed by atoms with van der Waals surface area (Å²) in [5.41, 5.74) is 1.58. The molecular weight excluding hydrogens is 491 g/mol. The topological polar surface area (TPSA) is 57.1 Å². The van der Waals surface area contributed by atoms with E-state index in [1.165, 1.54) is 24.3 Å². The molecule has 0 radical (unpaired) electrons. The van der Waals surface area contributed by atoms with Crippen molar-refractivity contribution in [1.82, 2.24) is 10.2 Å². The van der Waals surface area contributed by atoms with Crippen LogP contribution in [0.25, 0.3) is 0 Å². The van der Waals surface area contributed by atoms with Gasteiger partial charge in [0.05, 0.1) is 19.2 Å². The maximum atomic E-state index is 13.6. The van der Waals surface area contributed by atoms with Crippen molar-refractivity contribution in [3.63, 3.8) is 0 Å². The molecule has 0 spiro atoms. The quantitative estimate of drug-likeness (QED) is 0.363. The normalized spacial score (nSPS) is 19.6. The molecule has 0 aromatic heterocycles. The second kappa shape index (κ2) is 10.7. The summed E-state index contributed by atoms with van der Waals surface area (Å²) >= 11 is 0. The van der Waals surface area contributed by atoms with Crippen LogP contribution >= 0.6 is 24.0 Å². The molecular formula is C21H26F2IN3O2. The first kappa shape index (κ1) is 23.3. The summed E-state index contributed by atoms with van der Waals surface area (Å²) in [5.74, 6) is -0.600. The summed E-state index contributed by atoms with van der Waals surface area (Å²) in [5, 5.41) is 12.6. The van der Waals surface area contributed by atoms with E-state index in [0.717, 1.165) is 5.56 Å². The molecule has 0 aliphatic carbocycles. The molecule has 1 saturated heterocycles. The lowest BCUT2D eigenvalue weighted by Gasteiger charge is -2.38. The average molecular weight is 517 g/mol. The van der Waals surface area contributed by atoms with Crippen molar-refractivity contribution in [3.8, 4) is 5.75 Å². The number of phenolic OH excluding ortho intramolecular Hbond substituents is 1. The van der Waals surface area contributed by atoms with Crippen molar-refractivity contribution >= 4 is 29.9 Å². The van der Waals surface area contributed by atoms with Crippen molar-refractivity contribution < 1.29 is 18.6 Å². The summed E-state index contributed by atoms with van der Waals surface area (Å²) in [4.78, 5) is 6.72. The summed E-state index contributed by atoms with van der Waals surface area (Å²) in [6, 6.07) is 10.6. The van der Waals surface area contributed by atoms with E-state index in [1.807, 2.05) is 13.8 Å². The lowest BCUT2D eigenvalue weighted by atomic mass is 10.1. The number of halogens is 3. The van der Waals surface area contributed by atoms with Gasteiger partial charge in [-0.15, -0.1) is 24.0 Å². The first-order valence-corrected chi connectivity index (χ1v) is 9.38. The van der Waals surface area contributed by atoms with Gasteiger partial charge >= 0.3 is 0 Å². The molecule has 0 saturated carbocycles. The van der Waals surface area contributed by atoms with Gasteiger partial charge in [0.25, 0.3) is 0 Å². The number of benzene rings is 2. The molecule has 2 unspecified atom stereocenters. The summed E-state index contributed by atoms with van der Waals surface area (Å²) in [6.45, 7) is 6.18. The van der Waals surface area contributed by atoms with Gasteiger partial charge in [-0.05, 0) is 49.2 Å². The molecule has 2 aromatic rings. The molecule has 3 rings (SSSR count). The van der Waals surface area contributed by atoms with E-state index in [1.54, 1.807) is 18.2 Å². The van der Waals surface area contributed by atoms with Crippen molar-refractivity contribution in [3.05, 3.63) is 65.2 Å². The van der Waals surface area contributed by atoms with Gasteiger partial charge in [-0.3, -0.25) is 0 Å². The van der Waals surface area contributed by atoms with Crippen LogP contribution in [0.3, 0.4) is 0 Å². The number of aliphatic imine (C=N–C) groups is 1. The number of hydrogen-bond donors (Lipinski definition) is 2. The standard InChI is InChI=1S/C21H25F2N3O2.HI/c1-3-24-21(25-11-15-4-9-19(27)18(23)10-15)26-12-14(2)28-20(13-26)16-5-7-17(22)8-6-16;/h4-10,14,20,27H,3,11-13H2,1-2H3,(H,24,25);1H. The highest BCUT2D eigenvalue weighted by Gasteiger charge is 2.28. The maximum Gasteiger partial charge on any atom is 0.194 e. The fraction of sp³-hybridized carbons (Fsp3) is 0.381. The van der Waals surface area contributed by atoms with Crippen LogP contribution < -0.4 is 5.32 Å². The fourth-order valence-electron chi connectivity index (χ4n) is 3.23. The predicted octanol–water partition coefficient (Wildman–Crippen LogP) is 4.22. The minimum absolute atomic E-state index is 0.